The Kier molecular flexibility index (Phi) is 4.43. The number of halogens is 2. The van der Waals surface area contributed by atoms with E-state index in [1.165, 1.54) is 17.7 Å². The summed E-state index contributed by atoms with van der Waals surface area (Å²) in [5.74, 6) is 0.0507. The molecule has 0 amide bonds. The van der Waals surface area contributed by atoms with Crippen LogP contribution in [0.15, 0.2) is 42.5 Å². The van der Waals surface area contributed by atoms with Crippen LogP contribution in [-0.2, 0) is 5.88 Å². The Balaban J connectivity index is 2.48. The maximum absolute atomic E-state index is 13.3. The fraction of sp³-hybridized carbons (Fsp3) is 0.250. The van der Waals surface area contributed by atoms with Crippen molar-refractivity contribution in [3.05, 3.63) is 59.4 Å². The molecule has 3 heteroatoms. The normalized spacial score (nSPS) is 10.5. The number of rotatable bonds is 4. The van der Waals surface area contributed by atoms with Crippen molar-refractivity contribution >= 4 is 23.0 Å². The number of nitrogens with zero attached hydrogens (tertiary/aromatic N) is 1. The molecule has 0 fully saturated rings. The molecular weight excluding hydrogens is 261 g/mol. The highest BCUT2D eigenvalue weighted by atomic mass is 35.5. The molecule has 0 bridgehead atoms. The molecule has 0 aliphatic heterocycles. The summed E-state index contributed by atoms with van der Waals surface area (Å²) in [6, 6.07) is 13.0. The molecule has 100 valence electrons. The zero-order valence-corrected chi connectivity index (χ0v) is 11.9. The zero-order chi connectivity index (χ0) is 13.8. The molecule has 2 aromatic carbocycles. The second-order valence-corrected chi connectivity index (χ2v) is 4.76. The minimum absolute atomic E-state index is 0.250. The second-order valence-electron chi connectivity index (χ2n) is 4.49. The van der Waals surface area contributed by atoms with Crippen molar-refractivity contribution in [2.45, 2.75) is 19.7 Å². The molecule has 2 rings (SSSR count). The van der Waals surface area contributed by atoms with Crippen molar-refractivity contribution in [2.75, 3.05) is 11.4 Å². The second kappa shape index (κ2) is 6.07. The van der Waals surface area contributed by atoms with E-state index >= 15 is 0 Å². The van der Waals surface area contributed by atoms with E-state index in [2.05, 4.69) is 36.9 Å². The summed E-state index contributed by atoms with van der Waals surface area (Å²) in [7, 11) is 0. The quantitative estimate of drug-likeness (QED) is 0.709. The molecule has 0 heterocycles. The summed E-state index contributed by atoms with van der Waals surface area (Å²) in [4.78, 5) is 2.14. The molecule has 0 atom stereocenters. The first-order valence-corrected chi connectivity index (χ1v) is 6.87. The summed E-state index contributed by atoms with van der Waals surface area (Å²) in [5, 5.41) is 0. The van der Waals surface area contributed by atoms with Gasteiger partial charge in [-0.1, -0.05) is 12.1 Å². The first-order chi connectivity index (χ1) is 9.15. The molecule has 0 saturated heterocycles. The highest BCUT2D eigenvalue weighted by Gasteiger charge is 2.12. The van der Waals surface area contributed by atoms with Gasteiger partial charge in [-0.15, -0.1) is 11.6 Å². The van der Waals surface area contributed by atoms with Crippen LogP contribution in [0.4, 0.5) is 15.8 Å². The Morgan fingerprint density at radius 1 is 1.16 bits per heavy atom. The Bertz CT molecular complexity index is 568. The molecule has 0 radical (unpaired) electrons. The number of hydrogen-bond acceptors (Lipinski definition) is 1. The van der Waals surface area contributed by atoms with Gasteiger partial charge in [-0.3, -0.25) is 0 Å². The van der Waals surface area contributed by atoms with Gasteiger partial charge < -0.3 is 4.90 Å². The topological polar surface area (TPSA) is 3.24 Å². The van der Waals surface area contributed by atoms with Crippen LogP contribution in [0.25, 0.3) is 0 Å². The lowest BCUT2D eigenvalue weighted by atomic mass is 10.1. The van der Waals surface area contributed by atoms with Gasteiger partial charge in [0, 0.05) is 23.8 Å². The molecule has 0 N–H and O–H groups in total. The minimum atomic E-state index is -0.250. The van der Waals surface area contributed by atoms with E-state index in [0.717, 1.165) is 23.5 Å². The standard InChI is InChI=1S/C16H17ClFN/c1-3-19(15-6-4-5-12(2)9-15)16-8-7-14(18)10-13(16)11-17/h4-10H,3,11H2,1-2H3. The van der Waals surface area contributed by atoms with Gasteiger partial charge >= 0.3 is 0 Å². The monoisotopic (exact) mass is 277 g/mol. The van der Waals surface area contributed by atoms with Gasteiger partial charge in [-0.05, 0) is 55.3 Å². The number of anilines is 2. The van der Waals surface area contributed by atoms with Crippen LogP contribution in [0.2, 0.25) is 0 Å². The first-order valence-electron chi connectivity index (χ1n) is 6.34. The highest BCUT2D eigenvalue weighted by molar-refractivity contribution is 6.17. The molecule has 0 aliphatic rings. The maximum Gasteiger partial charge on any atom is 0.123 e. The molecular formula is C16H17ClFN. The number of aryl methyl sites for hydroxylation is 1. The fourth-order valence-electron chi connectivity index (χ4n) is 2.21. The van der Waals surface area contributed by atoms with Gasteiger partial charge in [0.15, 0.2) is 0 Å². The van der Waals surface area contributed by atoms with Crippen molar-refractivity contribution in [2.24, 2.45) is 0 Å². The number of alkyl halides is 1. The van der Waals surface area contributed by atoms with Crippen LogP contribution in [0.1, 0.15) is 18.1 Å². The van der Waals surface area contributed by atoms with Crippen molar-refractivity contribution in [1.82, 2.24) is 0 Å². The Labute approximate surface area is 118 Å². The largest absolute Gasteiger partial charge is 0.341 e. The number of benzene rings is 2. The molecule has 19 heavy (non-hydrogen) atoms. The van der Waals surface area contributed by atoms with E-state index in [1.807, 2.05) is 6.07 Å². The molecule has 0 aliphatic carbocycles. The maximum atomic E-state index is 13.3. The minimum Gasteiger partial charge on any atom is -0.341 e. The fourth-order valence-corrected chi connectivity index (χ4v) is 2.43. The van der Waals surface area contributed by atoms with E-state index < -0.39 is 0 Å². The number of hydrogen-bond donors (Lipinski definition) is 0. The van der Waals surface area contributed by atoms with Crippen molar-refractivity contribution in [3.8, 4) is 0 Å². The lowest BCUT2D eigenvalue weighted by Crippen LogP contribution is -2.17. The van der Waals surface area contributed by atoms with Gasteiger partial charge in [0.2, 0.25) is 0 Å². The summed E-state index contributed by atoms with van der Waals surface area (Å²) < 4.78 is 13.3. The van der Waals surface area contributed by atoms with E-state index in [1.54, 1.807) is 6.07 Å². The predicted octanol–water partition coefficient (Wildman–Crippen LogP) is 5.03. The Hall–Kier alpha value is -1.54. The van der Waals surface area contributed by atoms with E-state index in [0.29, 0.717) is 5.88 Å². The molecule has 0 unspecified atom stereocenters. The molecule has 0 spiro atoms. The van der Waals surface area contributed by atoms with Crippen LogP contribution >= 0.6 is 11.6 Å². The lowest BCUT2D eigenvalue weighted by Gasteiger charge is -2.26. The highest BCUT2D eigenvalue weighted by Crippen LogP contribution is 2.30. The van der Waals surface area contributed by atoms with Crippen LogP contribution in [0.5, 0.6) is 0 Å². The van der Waals surface area contributed by atoms with Gasteiger partial charge in [-0.25, -0.2) is 4.39 Å². The molecule has 2 aromatic rings. The third-order valence-corrected chi connectivity index (χ3v) is 3.39. The van der Waals surface area contributed by atoms with Crippen LogP contribution in [0, 0.1) is 12.7 Å². The summed E-state index contributed by atoms with van der Waals surface area (Å²) in [6.07, 6.45) is 0. The van der Waals surface area contributed by atoms with Gasteiger partial charge in [0.25, 0.3) is 0 Å². The van der Waals surface area contributed by atoms with E-state index in [9.17, 15) is 4.39 Å². The van der Waals surface area contributed by atoms with Crippen molar-refractivity contribution in [1.29, 1.82) is 0 Å². The Morgan fingerprint density at radius 3 is 2.58 bits per heavy atom. The summed E-state index contributed by atoms with van der Waals surface area (Å²) >= 11 is 5.93. The van der Waals surface area contributed by atoms with Crippen molar-refractivity contribution < 1.29 is 4.39 Å². The zero-order valence-electron chi connectivity index (χ0n) is 11.2. The van der Waals surface area contributed by atoms with E-state index in [-0.39, 0.29) is 5.82 Å². The lowest BCUT2D eigenvalue weighted by molar-refractivity contribution is 0.626. The summed E-state index contributed by atoms with van der Waals surface area (Å²) in [5.41, 5.74) is 4.07. The smallest absolute Gasteiger partial charge is 0.123 e. The Morgan fingerprint density at radius 2 is 1.95 bits per heavy atom. The third kappa shape index (κ3) is 3.07. The summed E-state index contributed by atoms with van der Waals surface area (Å²) in [6.45, 7) is 4.94. The van der Waals surface area contributed by atoms with Gasteiger partial charge in [-0.2, -0.15) is 0 Å². The molecule has 0 aromatic heterocycles. The average molecular weight is 278 g/mol. The first kappa shape index (κ1) is 13.9. The molecule has 0 saturated carbocycles. The van der Waals surface area contributed by atoms with Crippen LogP contribution in [0.3, 0.4) is 0 Å². The third-order valence-electron chi connectivity index (χ3n) is 3.11. The predicted molar refractivity (Wildman–Crippen MR) is 79.8 cm³/mol. The van der Waals surface area contributed by atoms with E-state index in [4.69, 9.17) is 11.6 Å². The van der Waals surface area contributed by atoms with Crippen molar-refractivity contribution in [3.63, 3.8) is 0 Å². The van der Waals surface area contributed by atoms with Crippen LogP contribution < -0.4 is 4.90 Å². The SMILES string of the molecule is CCN(c1cccc(C)c1)c1ccc(F)cc1CCl. The average Bonchev–Trinajstić information content (AvgIpc) is 2.41. The van der Waals surface area contributed by atoms with Crippen LogP contribution in [-0.4, -0.2) is 6.54 Å². The van der Waals surface area contributed by atoms with Gasteiger partial charge in [0.1, 0.15) is 5.82 Å². The molecule has 1 nitrogen and oxygen atoms in total. The van der Waals surface area contributed by atoms with Gasteiger partial charge in [0.05, 0.1) is 0 Å².